The Morgan fingerprint density at radius 2 is 1.65 bits per heavy atom. The summed E-state index contributed by atoms with van der Waals surface area (Å²) in [4.78, 5) is 46.4. The number of rotatable bonds is 13. The van der Waals surface area contributed by atoms with E-state index < -0.39 is 11.9 Å². The Bertz CT molecular complexity index is 845. The third-order valence-corrected chi connectivity index (χ3v) is 4.10. The van der Waals surface area contributed by atoms with E-state index in [0.717, 1.165) is 13.0 Å². The predicted molar refractivity (Wildman–Crippen MR) is 129 cm³/mol. The minimum absolute atomic E-state index is 0.0141. The second-order valence-corrected chi connectivity index (χ2v) is 7.43. The molecule has 190 valence electrons. The fourth-order valence-corrected chi connectivity index (χ4v) is 2.56. The number of benzene rings is 1. The van der Waals surface area contributed by atoms with Crippen molar-refractivity contribution in [3.63, 3.8) is 0 Å². The average Bonchev–Trinajstić information content (AvgIpc) is 2.75. The van der Waals surface area contributed by atoms with Gasteiger partial charge in [0, 0.05) is 18.2 Å². The summed E-state index contributed by atoms with van der Waals surface area (Å²) >= 11 is 0. The number of carbonyl (C=O) groups excluding carboxylic acids is 4. The van der Waals surface area contributed by atoms with Crippen LogP contribution >= 0.6 is 0 Å². The van der Waals surface area contributed by atoms with Crippen LogP contribution in [0, 0.1) is 0 Å². The summed E-state index contributed by atoms with van der Waals surface area (Å²) < 4.78 is 20.5. The van der Waals surface area contributed by atoms with Crippen LogP contribution in [-0.2, 0) is 28.7 Å². The molecule has 0 saturated heterocycles. The summed E-state index contributed by atoms with van der Waals surface area (Å²) in [6, 6.07) is 5.28. The zero-order valence-electron chi connectivity index (χ0n) is 21.3. The van der Waals surface area contributed by atoms with Gasteiger partial charge in [-0.05, 0) is 66.4 Å². The highest BCUT2D eigenvalue weighted by atomic mass is 16.5. The quantitative estimate of drug-likeness (QED) is 0.139. The monoisotopic (exact) mass is 479 g/mol. The molecule has 0 aliphatic rings. The van der Waals surface area contributed by atoms with E-state index in [-0.39, 0.29) is 30.2 Å². The van der Waals surface area contributed by atoms with Gasteiger partial charge in [-0.1, -0.05) is 0 Å². The van der Waals surface area contributed by atoms with Crippen LogP contribution in [-0.4, -0.2) is 76.0 Å². The van der Waals surface area contributed by atoms with Crippen LogP contribution in [0.3, 0.4) is 0 Å². The highest BCUT2D eigenvalue weighted by Crippen LogP contribution is 2.27. The van der Waals surface area contributed by atoms with Gasteiger partial charge in [-0.3, -0.25) is 14.4 Å². The van der Waals surface area contributed by atoms with Crippen LogP contribution < -0.4 is 9.47 Å². The SMILES string of the molecule is CCOC(=O)/C(=C\c1ccc(OCCCN(C)C)cc1OC)C(C)=O.CCOC(=O)CC(C)=O. The minimum atomic E-state index is -0.638. The van der Waals surface area contributed by atoms with E-state index in [1.807, 2.05) is 14.1 Å². The number of ether oxygens (including phenoxy) is 4. The summed E-state index contributed by atoms with van der Waals surface area (Å²) in [5, 5.41) is 0. The molecule has 0 amide bonds. The summed E-state index contributed by atoms with van der Waals surface area (Å²) in [5.41, 5.74) is 0.598. The lowest BCUT2D eigenvalue weighted by atomic mass is 10.1. The molecule has 0 heterocycles. The molecule has 0 aliphatic heterocycles. The first kappa shape index (κ1) is 30.8. The Morgan fingerprint density at radius 3 is 2.15 bits per heavy atom. The molecule has 0 bridgehead atoms. The molecule has 0 atom stereocenters. The third-order valence-electron chi connectivity index (χ3n) is 4.10. The normalized spacial score (nSPS) is 10.6. The van der Waals surface area contributed by atoms with Crippen LogP contribution in [0.4, 0.5) is 0 Å². The Labute approximate surface area is 202 Å². The van der Waals surface area contributed by atoms with Gasteiger partial charge in [-0.2, -0.15) is 0 Å². The Morgan fingerprint density at radius 1 is 1.00 bits per heavy atom. The number of ketones is 2. The van der Waals surface area contributed by atoms with Gasteiger partial charge >= 0.3 is 11.9 Å². The number of carbonyl (C=O) groups is 4. The summed E-state index contributed by atoms with van der Waals surface area (Å²) in [6.45, 7) is 8.18. The van der Waals surface area contributed by atoms with Crippen molar-refractivity contribution in [2.24, 2.45) is 0 Å². The van der Waals surface area contributed by atoms with Crippen LogP contribution in [0.5, 0.6) is 11.5 Å². The molecule has 0 saturated carbocycles. The smallest absolute Gasteiger partial charge is 0.341 e. The molecule has 9 nitrogen and oxygen atoms in total. The first-order valence-electron chi connectivity index (χ1n) is 11.1. The lowest BCUT2D eigenvalue weighted by Crippen LogP contribution is -2.15. The van der Waals surface area contributed by atoms with Gasteiger partial charge in [0.25, 0.3) is 0 Å². The number of methoxy groups -OCH3 is 1. The average molecular weight is 480 g/mol. The number of hydrogen-bond acceptors (Lipinski definition) is 9. The van der Waals surface area contributed by atoms with Gasteiger partial charge < -0.3 is 23.8 Å². The second kappa shape index (κ2) is 17.3. The van der Waals surface area contributed by atoms with Crippen LogP contribution in [0.2, 0.25) is 0 Å². The maximum atomic E-state index is 11.9. The molecular weight excluding hydrogens is 442 g/mol. The first-order valence-corrected chi connectivity index (χ1v) is 11.1. The molecule has 0 aliphatic carbocycles. The lowest BCUT2D eigenvalue weighted by Gasteiger charge is -2.12. The molecule has 0 aromatic heterocycles. The number of hydrogen-bond donors (Lipinski definition) is 0. The maximum absolute atomic E-state index is 11.9. The molecule has 1 aromatic carbocycles. The summed E-state index contributed by atoms with van der Waals surface area (Å²) in [6.07, 6.45) is 2.29. The largest absolute Gasteiger partial charge is 0.496 e. The van der Waals surface area contributed by atoms with E-state index in [1.54, 1.807) is 32.0 Å². The third kappa shape index (κ3) is 13.4. The fourth-order valence-electron chi connectivity index (χ4n) is 2.56. The molecule has 1 aromatic rings. The Balaban J connectivity index is 0.00000102. The molecule has 0 N–H and O–H groups in total. The molecule has 0 fully saturated rings. The van der Waals surface area contributed by atoms with Gasteiger partial charge in [0.1, 0.15) is 29.3 Å². The van der Waals surface area contributed by atoms with Crippen molar-refractivity contribution in [1.29, 1.82) is 0 Å². The fraction of sp³-hybridized carbons (Fsp3) is 0.520. The number of esters is 2. The van der Waals surface area contributed by atoms with Crippen molar-refractivity contribution in [3.05, 3.63) is 29.3 Å². The van der Waals surface area contributed by atoms with Crippen molar-refractivity contribution in [1.82, 2.24) is 4.90 Å². The standard InChI is InChI=1S/C19H27NO5.C6H10O3/c1-6-24-19(22)17(14(2)21)12-15-8-9-16(13-18(15)23-5)25-11-7-10-20(3)4;1-3-9-6(8)4-5(2)7/h8-9,12-13H,6-7,10-11H2,1-5H3;3-4H2,1-2H3/b17-12-;. The molecular formula is C25H37NO8. The zero-order valence-corrected chi connectivity index (χ0v) is 21.3. The number of Topliss-reactive ketones (excluding diaryl/α,β-unsaturated/α-hetero) is 2. The van der Waals surface area contributed by atoms with Gasteiger partial charge in [-0.25, -0.2) is 4.79 Å². The predicted octanol–water partition coefficient (Wildman–Crippen LogP) is 3.09. The van der Waals surface area contributed by atoms with E-state index in [4.69, 9.17) is 14.2 Å². The van der Waals surface area contributed by atoms with Crippen LogP contribution in [0.1, 0.15) is 46.1 Å². The second-order valence-electron chi connectivity index (χ2n) is 7.43. The van der Waals surface area contributed by atoms with Crippen molar-refractivity contribution in [2.75, 3.05) is 47.6 Å². The van der Waals surface area contributed by atoms with Crippen molar-refractivity contribution < 1.29 is 38.1 Å². The first-order chi connectivity index (χ1) is 16.0. The van der Waals surface area contributed by atoms with Crippen molar-refractivity contribution >= 4 is 29.6 Å². The van der Waals surface area contributed by atoms with Crippen LogP contribution in [0.15, 0.2) is 23.8 Å². The van der Waals surface area contributed by atoms with E-state index in [0.29, 0.717) is 30.3 Å². The highest BCUT2D eigenvalue weighted by molar-refractivity contribution is 6.19. The van der Waals surface area contributed by atoms with E-state index in [2.05, 4.69) is 9.64 Å². The van der Waals surface area contributed by atoms with Crippen LogP contribution in [0.25, 0.3) is 6.08 Å². The Hall–Kier alpha value is -3.20. The van der Waals surface area contributed by atoms with Crippen molar-refractivity contribution in [2.45, 2.75) is 40.5 Å². The molecule has 0 unspecified atom stereocenters. The zero-order chi connectivity index (χ0) is 26.1. The van der Waals surface area contributed by atoms with Gasteiger partial charge in [0.2, 0.25) is 0 Å². The van der Waals surface area contributed by atoms with Gasteiger partial charge in [0.15, 0.2) is 5.78 Å². The number of nitrogens with zero attached hydrogens (tertiary/aromatic N) is 1. The molecule has 1 rings (SSSR count). The lowest BCUT2D eigenvalue weighted by molar-refractivity contribution is -0.145. The summed E-state index contributed by atoms with van der Waals surface area (Å²) in [5.74, 6) is -0.398. The van der Waals surface area contributed by atoms with Gasteiger partial charge in [-0.15, -0.1) is 0 Å². The summed E-state index contributed by atoms with van der Waals surface area (Å²) in [7, 11) is 5.56. The Kier molecular flexibility index (Phi) is 15.7. The molecule has 9 heteroatoms. The topological polar surface area (TPSA) is 108 Å². The van der Waals surface area contributed by atoms with E-state index >= 15 is 0 Å². The highest BCUT2D eigenvalue weighted by Gasteiger charge is 2.17. The molecule has 0 radical (unpaired) electrons. The van der Waals surface area contributed by atoms with Crippen molar-refractivity contribution in [3.8, 4) is 11.5 Å². The van der Waals surface area contributed by atoms with E-state index in [9.17, 15) is 19.2 Å². The molecule has 0 spiro atoms. The maximum Gasteiger partial charge on any atom is 0.341 e. The minimum Gasteiger partial charge on any atom is -0.496 e. The molecule has 34 heavy (non-hydrogen) atoms. The van der Waals surface area contributed by atoms with E-state index in [1.165, 1.54) is 27.0 Å². The van der Waals surface area contributed by atoms with Gasteiger partial charge in [0.05, 0.1) is 26.9 Å².